The molecule has 9 heteroatoms. The number of carbonyl (C=O) groups excluding carboxylic acids is 1. The van der Waals surface area contributed by atoms with Gasteiger partial charge in [-0.25, -0.2) is 12.8 Å². The Hall–Kier alpha value is -3.59. The lowest BCUT2D eigenvalue weighted by molar-refractivity contribution is 0.0731. The van der Waals surface area contributed by atoms with Gasteiger partial charge in [0.05, 0.1) is 19.3 Å². The number of nitrogen functional groups attached to an aromatic ring is 1. The minimum atomic E-state index is -3.75. The number of rotatable bonds is 5. The summed E-state index contributed by atoms with van der Waals surface area (Å²) in [4.78, 5) is 14.6. The quantitative estimate of drug-likeness (QED) is 0.532. The SMILES string of the molecule is CCc1c(C(=O)N2CCOc3ccc(-c4ccc(N)c(OC)c4)cc3C2)ccc(S(C)(=O)=O)c1F. The van der Waals surface area contributed by atoms with Gasteiger partial charge in [0.2, 0.25) is 0 Å². The lowest BCUT2D eigenvalue weighted by atomic mass is 10.0. The number of nitrogens with two attached hydrogens (primary N) is 1. The van der Waals surface area contributed by atoms with Crippen molar-refractivity contribution in [1.29, 1.82) is 0 Å². The highest BCUT2D eigenvalue weighted by molar-refractivity contribution is 7.90. The zero-order chi connectivity index (χ0) is 25.3. The Morgan fingerprint density at radius 1 is 1.14 bits per heavy atom. The number of hydrogen-bond donors (Lipinski definition) is 1. The van der Waals surface area contributed by atoms with Gasteiger partial charge >= 0.3 is 0 Å². The standard InChI is InChI=1S/C26H27FN2O5S/c1-4-19-20(7-10-24(25(19)27)35(3,31)32)26(30)29-11-12-34-22-9-6-16(13-18(22)15-29)17-5-8-21(28)23(14-17)33-2/h5-10,13-14H,4,11-12,15,28H2,1-3H3. The van der Waals surface area contributed by atoms with E-state index in [2.05, 4.69) is 0 Å². The van der Waals surface area contributed by atoms with Crippen molar-refractivity contribution in [2.24, 2.45) is 0 Å². The van der Waals surface area contributed by atoms with E-state index in [1.807, 2.05) is 30.3 Å². The molecule has 0 radical (unpaired) electrons. The van der Waals surface area contributed by atoms with E-state index in [1.165, 1.54) is 6.07 Å². The Kier molecular flexibility index (Phi) is 6.71. The molecule has 1 heterocycles. The zero-order valence-electron chi connectivity index (χ0n) is 19.8. The molecule has 1 amide bonds. The molecular weight excluding hydrogens is 471 g/mol. The van der Waals surface area contributed by atoms with Crippen LogP contribution in [0, 0.1) is 5.82 Å². The van der Waals surface area contributed by atoms with Crippen molar-refractivity contribution in [1.82, 2.24) is 4.90 Å². The lowest BCUT2D eigenvalue weighted by Gasteiger charge is -2.22. The van der Waals surface area contributed by atoms with E-state index in [4.69, 9.17) is 15.2 Å². The fourth-order valence-corrected chi connectivity index (χ4v) is 5.00. The molecule has 2 N–H and O–H groups in total. The molecule has 35 heavy (non-hydrogen) atoms. The smallest absolute Gasteiger partial charge is 0.254 e. The van der Waals surface area contributed by atoms with Crippen molar-refractivity contribution in [2.45, 2.75) is 24.8 Å². The molecule has 0 spiro atoms. The Balaban J connectivity index is 1.68. The van der Waals surface area contributed by atoms with Gasteiger partial charge in [0.15, 0.2) is 9.84 Å². The van der Waals surface area contributed by atoms with Gasteiger partial charge < -0.3 is 20.1 Å². The average molecular weight is 499 g/mol. The predicted molar refractivity (Wildman–Crippen MR) is 132 cm³/mol. The van der Waals surface area contributed by atoms with Crippen molar-refractivity contribution in [3.8, 4) is 22.6 Å². The van der Waals surface area contributed by atoms with Crippen molar-refractivity contribution < 1.29 is 27.1 Å². The van der Waals surface area contributed by atoms with E-state index < -0.39 is 20.5 Å². The van der Waals surface area contributed by atoms with Crippen molar-refractivity contribution in [2.75, 3.05) is 32.3 Å². The molecule has 0 unspecified atom stereocenters. The summed E-state index contributed by atoms with van der Waals surface area (Å²) < 4.78 is 50.1. The number of halogens is 1. The zero-order valence-corrected chi connectivity index (χ0v) is 20.6. The summed E-state index contributed by atoms with van der Waals surface area (Å²) in [6.07, 6.45) is 1.13. The number of carbonyl (C=O) groups is 1. The van der Waals surface area contributed by atoms with E-state index in [0.29, 0.717) is 23.7 Å². The third kappa shape index (κ3) is 4.81. The molecule has 1 aliphatic rings. The largest absolute Gasteiger partial charge is 0.495 e. The fraction of sp³-hybridized carbons (Fsp3) is 0.269. The van der Waals surface area contributed by atoms with Crippen molar-refractivity contribution >= 4 is 21.4 Å². The Labute approximate surface area is 204 Å². The number of fused-ring (bicyclic) bond motifs is 1. The molecule has 3 aromatic carbocycles. The maximum Gasteiger partial charge on any atom is 0.254 e. The van der Waals surface area contributed by atoms with Gasteiger partial charge in [-0.2, -0.15) is 0 Å². The first-order valence-electron chi connectivity index (χ1n) is 11.1. The number of ether oxygens (including phenoxy) is 2. The molecule has 0 saturated carbocycles. The van der Waals surface area contributed by atoms with Crippen LogP contribution in [0.5, 0.6) is 11.5 Å². The lowest BCUT2D eigenvalue weighted by Crippen LogP contribution is -2.33. The predicted octanol–water partition coefficient (Wildman–Crippen LogP) is 4.08. The average Bonchev–Trinajstić information content (AvgIpc) is 3.04. The molecule has 0 fully saturated rings. The second-order valence-corrected chi connectivity index (χ2v) is 10.4. The van der Waals surface area contributed by atoms with E-state index >= 15 is 4.39 Å². The number of amides is 1. The Morgan fingerprint density at radius 2 is 1.86 bits per heavy atom. The number of hydrogen-bond acceptors (Lipinski definition) is 6. The molecule has 3 aromatic rings. The molecule has 0 aliphatic carbocycles. The minimum absolute atomic E-state index is 0.0889. The second-order valence-electron chi connectivity index (χ2n) is 8.38. The molecule has 0 saturated heterocycles. The molecule has 7 nitrogen and oxygen atoms in total. The molecule has 1 aliphatic heterocycles. The van der Waals surface area contributed by atoms with Crippen LogP contribution in [0.1, 0.15) is 28.4 Å². The third-order valence-corrected chi connectivity index (χ3v) is 7.20. The highest BCUT2D eigenvalue weighted by atomic mass is 32.2. The van der Waals surface area contributed by atoms with Crippen LogP contribution in [0.15, 0.2) is 53.4 Å². The molecular formula is C26H27FN2O5S. The number of benzene rings is 3. The molecule has 0 bridgehead atoms. The number of methoxy groups -OCH3 is 1. The van der Waals surface area contributed by atoms with E-state index in [-0.39, 0.29) is 36.6 Å². The number of anilines is 1. The first-order valence-corrected chi connectivity index (χ1v) is 13.0. The van der Waals surface area contributed by atoms with Crippen LogP contribution in [0.2, 0.25) is 0 Å². The maximum absolute atomic E-state index is 15.0. The minimum Gasteiger partial charge on any atom is -0.495 e. The van der Waals surface area contributed by atoms with Gasteiger partial charge in [0.1, 0.15) is 28.8 Å². The maximum atomic E-state index is 15.0. The summed E-state index contributed by atoms with van der Waals surface area (Å²) in [5.41, 5.74) is 9.31. The second kappa shape index (κ2) is 9.58. The highest BCUT2D eigenvalue weighted by Crippen LogP contribution is 2.33. The monoisotopic (exact) mass is 498 g/mol. The van der Waals surface area contributed by atoms with Crippen LogP contribution in [-0.4, -0.2) is 45.7 Å². The summed E-state index contributed by atoms with van der Waals surface area (Å²) in [5, 5.41) is 0. The number of nitrogens with zero attached hydrogens (tertiary/aromatic N) is 1. The molecule has 4 rings (SSSR count). The fourth-order valence-electron chi connectivity index (χ4n) is 4.24. The first-order chi connectivity index (χ1) is 16.6. The third-order valence-electron chi connectivity index (χ3n) is 6.09. The van der Waals surface area contributed by atoms with Gasteiger partial charge in [0.25, 0.3) is 5.91 Å². The summed E-state index contributed by atoms with van der Waals surface area (Å²) in [6, 6.07) is 13.8. The van der Waals surface area contributed by atoms with Crippen LogP contribution in [0.25, 0.3) is 11.1 Å². The molecule has 0 atom stereocenters. The van der Waals surface area contributed by atoms with Gasteiger partial charge in [-0.05, 0) is 53.9 Å². The van der Waals surface area contributed by atoms with E-state index in [1.54, 1.807) is 25.0 Å². The summed E-state index contributed by atoms with van der Waals surface area (Å²) >= 11 is 0. The van der Waals surface area contributed by atoms with Crippen LogP contribution >= 0.6 is 0 Å². The van der Waals surface area contributed by atoms with Gasteiger partial charge in [0, 0.05) is 29.5 Å². The normalized spacial score (nSPS) is 13.5. The summed E-state index contributed by atoms with van der Waals surface area (Å²) in [6.45, 7) is 2.53. The van der Waals surface area contributed by atoms with Crippen molar-refractivity contribution in [3.63, 3.8) is 0 Å². The van der Waals surface area contributed by atoms with Crippen LogP contribution < -0.4 is 15.2 Å². The summed E-state index contributed by atoms with van der Waals surface area (Å²) in [7, 11) is -2.20. The van der Waals surface area contributed by atoms with Crippen LogP contribution in [-0.2, 0) is 22.8 Å². The van der Waals surface area contributed by atoms with Crippen molar-refractivity contribution in [3.05, 3.63) is 71.0 Å². The van der Waals surface area contributed by atoms with Gasteiger partial charge in [-0.3, -0.25) is 4.79 Å². The van der Waals surface area contributed by atoms with Gasteiger partial charge in [-0.1, -0.05) is 19.1 Å². The van der Waals surface area contributed by atoms with E-state index in [0.717, 1.165) is 29.0 Å². The van der Waals surface area contributed by atoms with Gasteiger partial charge in [-0.15, -0.1) is 0 Å². The Morgan fingerprint density at radius 3 is 2.54 bits per heavy atom. The first kappa shape index (κ1) is 24.5. The van der Waals surface area contributed by atoms with Crippen LogP contribution in [0.4, 0.5) is 10.1 Å². The number of sulfone groups is 1. The topological polar surface area (TPSA) is 98.9 Å². The highest BCUT2D eigenvalue weighted by Gasteiger charge is 2.27. The molecule has 184 valence electrons. The summed E-state index contributed by atoms with van der Waals surface area (Å²) in [5.74, 6) is -0.0124. The van der Waals surface area contributed by atoms with Crippen LogP contribution in [0.3, 0.4) is 0 Å². The van der Waals surface area contributed by atoms with E-state index in [9.17, 15) is 13.2 Å². The Bertz CT molecular complexity index is 1410. The molecule has 0 aromatic heterocycles.